The summed E-state index contributed by atoms with van der Waals surface area (Å²) >= 11 is 3.45. The molecule has 1 amide bonds. The SMILES string of the molecule is O=C1C(Br)CCCN1CCC1=CCCCC1. The van der Waals surface area contributed by atoms with E-state index in [9.17, 15) is 4.79 Å². The molecule has 0 spiro atoms. The van der Waals surface area contributed by atoms with Crippen molar-refractivity contribution < 1.29 is 4.79 Å². The molecule has 0 radical (unpaired) electrons. The molecule has 1 fully saturated rings. The highest BCUT2D eigenvalue weighted by Gasteiger charge is 2.26. The van der Waals surface area contributed by atoms with Gasteiger partial charge in [0, 0.05) is 13.1 Å². The predicted molar refractivity (Wildman–Crippen MR) is 69.7 cm³/mol. The molecule has 16 heavy (non-hydrogen) atoms. The summed E-state index contributed by atoms with van der Waals surface area (Å²) in [7, 11) is 0. The van der Waals surface area contributed by atoms with Crippen LogP contribution in [0, 0.1) is 0 Å². The average molecular weight is 286 g/mol. The predicted octanol–water partition coefficient (Wildman–Crippen LogP) is 3.26. The molecule has 0 aromatic carbocycles. The Labute approximate surface area is 106 Å². The van der Waals surface area contributed by atoms with Crippen molar-refractivity contribution in [3.63, 3.8) is 0 Å². The molecule has 0 bridgehead atoms. The molecule has 2 rings (SSSR count). The lowest BCUT2D eigenvalue weighted by molar-refractivity contribution is -0.132. The Morgan fingerprint density at radius 1 is 1.38 bits per heavy atom. The van der Waals surface area contributed by atoms with Gasteiger partial charge >= 0.3 is 0 Å². The van der Waals surface area contributed by atoms with Crippen LogP contribution >= 0.6 is 15.9 Å². The fourth-order valence-electron chi connectivity index (χ4n) is 2.53. The number of nitrogens with zero attached hydrogens (tertiary/aromatic N) is 1. The summed E-state index contributed by atoms with van der Waals surface area (Å²) in [6.45, 7) is 1.88. The van der Waals surface area contributed by atoms with Gasteiger partial charge in [0.2, 0.25) is 5.91 Å². The van der Waals surface area contributed by atoms with Gasteiger partial charge in [-0.25, -0.2) is 0 Å². The number of rotatable bonds is 3. The average Bonchev–Trinajstić information content (AvgIpc) is 2.32. The Hall–Kier alpha value is -0.310. The minimum absolute atomic E-state index is 0.0709. The minimum Gasteiger partial charge on any atom is -0.341 e. The number of likely N-dealkylation sites (tertiary alicyclic amines) is 1. The normalized spacial score (nSPS) is 26.8. The minimum atomic E-state index is 0.0709. The maximum atomic E-state index is 11.9. The van der Waals surface area contributed by atoms with E-state index in [1.807, 2.05) is 4.90 Å². The quantitative estimate of drug-likeness (QED) is 0.576. The van der Waals surface area contributed by atoms with E-state index in [-0.39, 0.29) is 4.83 Å². The number of hydrogen-bond acceptors (Lipinski definition) is 1. The lowest BCUT2D eigenvalue weighted by Crippen LogP contribution is -2.42. The molecular weight excluding hydrogens is 266 g/mol. The molecule has 1 aliphatic carbocycles. The Kier molecular flexibility index (Phi) is 4.45. The monoisotopic (exact) mass is 285 g/mol. The first kappa shape index (κ1) is 12.2. The molecule has 1 heterocycles. The third-order valence-corrected chi connectivity index (χ3v) is 4.40. The summed E-state index contributed by atoms with van der Waals surface area (Å²) in [5.41, 5.74) is 1.57. The smallest absolute Gasteiger partial charge is 0.236 e. The van der Waals surface area contributed by atoms with Crippen LogP contribution < -0.4 is 0 Å². The van der Waals surface area contributed by atoms with Crippen molar-refractivity contribution in [1.29, 1.82) is 0 Å². The summed E-state index contributed by atoms with van der Waals surface area (Å²) in [5.74, 6) is 0.294. The number of allylic oxidation sites excluding steroid dienone is 1. The maximum absolute atomic E-state index is 11.9. The van der Waals surface area contributed by atoms with Crippen LogP contribution in [0.25, 0.3) is 0 Å². The van der Waals surface area contributed by atoms with Gasteiger partial charge in [-0.2, -0.15) is 0 Å². The number of piperidine rings is 1. The Morgan fingerprint density at radius 3 is 3.00 bits per heavy atom. The first-order valence-corrected chi connectivity index (χ1v) is 7.30. The summed E-state index contributed by atoms with van der Waals surface area (Å²) in [6.07, 6.45) is 10.8. The fourth-order valence-corrected chi connectivity index (χ4v) is 3.14. The fraction of sp³-hybridized carbons (Fsp3) is 0.769. The van der Waals surface area contributed by atoms with Crippen molar-refractivity contribution in [2.45, 2.75) is 49.8 Å². The summed E-state index contributed by atoms with van der Waals surface area (Å²) in [5, 5.41) is 0. The number of carbonyl (C=O) groups excluding carboxylic acids is 1. The van der Waals surface area contributed by atoms with Gasteiger partial charge in [-0.3, -0.25) is 4.79 Å². The molecule has 1 unspecified atom stereocenters. The highest BCUT2D eigenvalue weighted by Crippen LogP contribution is 2.23. The number of alkyl halides is 1. The van der Waals surface area contributed by atoms with Crippen LogP contribution in [0.5, 0.6) is 0 Å². The zero-order valence-corrected chi connectivity index (χ0v) is 11.3. The van der Waals surface area contributed by atoms with Crippen LogP contribution in [0.2, 0.25) is 0 Å². The van der Waals surface area contributed by atoms with Gasteiger partial charge in [0.05, 0.1) is 4.83 Å². The molecule has 0 aromatic heterocycles. The molecule has 1 atom stereocenters. The molecule has 1 aliphatic heterocycles. The molecule has 90 valence electrons. The molecular formula is C13H20BrNO. The zero-order chi connectivity index (χ0) is 11.4. The molecule has 0 aromatic rings. The number of carbonyl (C=O) groups is 1. The highest BCUT2D eigenvalue weighted by molar-refractivity contribution is 9.10. The van der Waals surface area contributed by atoms with Crippen LogP contribution in [0.1, 0.15) is 44.9 Å². The summed E-state index contributed by atoms with van der Waals surface area (Å²) in [4.78, 5) is 14.0. The number of halogens is 1. The van der Waals surface area contributed by atoms with Gasteiger partial charge in [-0.15, -0.1) is 0 Å². The molecule has 1 saturated heterocycles. The first-order chi connectivity index (χ1) is 7.77. The van der Waals surface area contributed by atoms with Crippen LogP contribution in [0.3, 0.4) is 0 Å². The second-order valence-corrected chi connectivity index (χ2v) is 5.90. The molecule has 2 nitrogen and oxygen atoms in total. The molecule has 2 aliphatic rings. The lowest BCUT2D eigenvalue weighted by Gasteiger charge is -2.30. The third-order valence-electron chi connectivity index (χ3n) is 3.55. The van der Waals surface area contributed by atoms with Crippen LogP contribution in [-0.2, 0) is 4.79 Å². The van der Waals surface area contributed by atoms with E-state index >= 15 is 0 Å². The van der Waals surface area contributed by atoms with Crippen molar-refractivity contribution in [1.82, 2.24) is 4.90 Å². The summed E-state index contributed by atoms with van der Waals surface area (Å²) < 4.78 is 0. The molecule has 3 heteroatoms. The van der Waals surface area contributed by atoms with Crippen molar-refractivity contribution in [3.05, 3.63) is 11.6 Å². The maximum Gasteiger partial charge on any atom is 0.236 e. The highest BCUT2D eigenvalue weighted by atomic mass is 79.9. The number of hydrogen-bond donors (Lipinski definition) is 0. The second kappa shape index (κ2) is 5.85. The number of amides is 1. The second-order valence-electron chi connectivity index (χ2n) is 4.79. The van der Waals surface area contributed by atoms with E-state index in [0.29, 0.717) is 5.91 Å². The Morgan fingerprint density at radius 2 is 2.25 bits per heavy atom. The van der Waals surface area contributed by atoms with Crippen LogP contribution in [-0.4, -0.2) is 28.7 Å². The zero-order valence-electron chi connectivity index (χ0n) is 9.75. The molecule has 0 N–H and O–H groups in total. The standard InChI is InChI=1S/C13H20BrNO/c14-12-7-4-9-15(13(12)16)10-8-11-5-2-1-3-6-11/h5,12H,1-4,6-10H2. The van der Waals surface area contributed by atoms with Crippen molar-refractivity contribution >= 4 is 21.8 Å². The van der Waals surface area contributed by atoms with Crippen molar-refractivity contribution in [3.8, 4) is 0 Å². The lowest BCUT2D eigenvalue weighted by atomic mass is 9.97. The van der Waals surface area contributed by atoms with Crippen LogP contribution in [0.15, 0.2) is 11.6 Å². The van der Waals surface area contributed by atoms with E-state index in [0.717, 1.165) is 32.4 Å². The van der Waals surface area contributed by atoms with Gasteiger partial charge in [0.25, 0.3) is 0 Å². The van der Waals surface area contributed by atoms with Gasteiger partial charge in [0.1, 0.15) is 0 Å². The van der Waals surface area contributed by atoms with Crippen molar-refractivity contribution in [2.24, 2.45) is 0 Å². The van der Waals surface area contributed by atoms with Gasteiger partial charge in [-0.1, -0.05) is 27.6 Å². The Balaban J connectivity index is 1.80. The largest absolute Gasteiger partial charge is 0.341 e. The van der Waals surface area contributed by atoms with Gasteiger partial charge < -0.3 is 4.90 Å². The van der Waals surface area contributed by atoms with E-state index in [1.54, 1.807) is 5.57 Å². The van der Waals surface area contributed by atoms with Crippen molar-refractivity contribution in [2.75, 3.05) is 13.1 Å². The van der Waals surface area contributed by atoms with Gasteiger partial charge in [-0.05, 0) is 44.9 Å². The topological polar surface area (TPSA) is 20.3 Å². The Bertz CT molecular complexity index is 288. The van der Waals surface area contributed by atoms with Crippen LogP contribution in [0.4, 0.5) is 0 Å². The first-order valence-electron chi connectivity index (χ1n) is 6.38. The summed E-state index contributed by atoms with van der Waals surface area (Å²) in [6, 6.07) is 0. The molecule has 0 saturated carbocycles. The third kappa shape index (κ3) is 3.09. The van der Waals surface area contributed by atoms with E-state index in [4.69, 9.17) is 0 Å². The van der Waals surface area contributed by atoms with Gasteiger partial charge in [0.15, 0.2) is 0 Å². The van der Waals surface area contributed by atoms with E-state index in [1.165, 1.54) is 25.7 Å². The van der Waals surface area contributed by atoms with E-state index < -0.39 is 0 Å². The van der Waals surface area contributed by atoms with E-state index in [2.05, 4.69) is 22.0 Å².